The molecule has 0 spiro atoms. The van der Waals surface area contributed by atoms with Crippen molar-refractivity contribution in [3.05, 3.63) is 16.5 Å². The van der Waals surface area contributed by atoms with Crippen molar-refractivity contribution < 1.29 is 9.21 Å². The third-order valence-electron chi connectivity index (χ3n) is 5.68. The minimum Gasteiger partial charge on any atom is -0.410 e. The zero-order chi connectivity index (χ0) is 18.8. The average molecular weight is 406 g/mol. The summed E-state index contributed by atoms with van der Waals surface area (Å²) in [5.41, 5.74) is 1.44. The summed E-state index contributed by atoms with van der Waals surface area (Å²) in [5.74, 6) is 1.89. The second kappa shape index (κ2) is 8.35. The lowest BCUT2D eigenvalue weighted by Crippen LogP contribution is -2.44. The van der Waals surface area contributed by atoms with Crippen LogP contribution >= 0.6 is 23.1 Å². The Kier molecular flexibility index (Phi) is 5.88. The van der Waals surface area contributed by atoms with Crippen LogP contribution in [-0.2, 0) is 17.6 Å². The number of thiophene rings is 1. The molecule has 2 aromatic rings. The number of fused-ring (bicyclic) bond motifs is 1. The van der Waals surface area contributed by atoms with Crippen molar-refractivity contribution >= 4 is 29.0 Å². The van der Waals surface area contributed by atoms with E-state index in [1.54, 1.807) is 11.3 Å². The SMILES string of the molecule is CC[C@@H]1CCCCN1C(=O)CSc1nnc(-c2cc3c(s2)CC[C@H](C)C3)o1. The molecule has 5 nitrogen and oxygen atoms in total. The maximum atomic E-state index is 12.6. The summed E-state index contributed by atoms with van der Waals surface area (Å²) in [6.07, 6.45) is 8.05. The van der Waals surface area contributed by atoms with Gasteiger partial charge < -0.3 is 9.32 Å². The molecule has 3 heterocycles. The van der Waals surface area contributed by atoms with E-state index >= 15 is 0 Å². The number of carbonyl (C=O) groups excluding carboxylic acids is 1. The van der Waals surface area contributed by atoms with Gasteiger partial charge in [-0.3, -0.25) is 4.79 Å². The van der Waals surface area contributed by atoms with Gasteiger partial charge in [0.1, 0.15) is 0 Å². The van der Waals surface area contributed by atoms with Crippen LogP contribution in [0.1, 0.15) is 56.4 Å². The third kappa shape index (κ3) is 4.24. The molecule has 2 aliphatic rings. The first-order valence-corrected chi connectivity index (χ1v) is 11.8. The van der Waals surface area contributed by atoms with E-state index in [1.807, 2.05) is 4.90 Å². The Morgan fingerprint density at radius 2 is 2.26 bits per heavy atom. The van der Waals surface area contributed by atoms with E-state index in [-0.39, 0.29) is 5.91 Å². The second-order valence-electron chi connectivity index (χ2n) is 7.71. The number of piperidine rings is 1. The summed E-state index contributed by atoms with van der Waals surface area (Å²) in [4.78, 5) is 17.2. The molecular formula is C20H27N3O2S2. The Bertz CT molecular complexity index is 801. The maximum Gasteiger partial charge on any atom is 0.277 e. The van der Waals surface area contributed by atoms with Crippen LogP contribution in [0.15, 0.2) is 15.7 Å². The quantitative estimate of drug-likeness (QED) is 0.668. The number of thioether (sulfide) groups is 1. The number of hydrogen-bond donors (Lipinski definition) is 0. The van der Waals surface area contributed by atoms with Gasteiger partial charge in [-0.25, -0.2) is 0 Å². The first-order valence-electron chi connectivity index (χ1n) is 10.0. The van der Waals surface area contributed by atoms with Gasteiger partial charge in [0.05, 0.1) is 10.6 Å². The minimum absolute atomic E-state index is 0.187. The van der Waals surface area contributed by atoms with Gasteiger partial charge in [0, 0.05) is 17.5 Å². The van der Waals surface area contributed by atoms with Gasteiger partial charge >= 0.3 is 0 Å². The molecule has 0 aromatic carbocycles. The second-order valence-corrected chi connectivity index (χ2v) is 9.78. The Balaban J connectivity index is 1.38. The van der Waals surface area contributed by atoms with Crippen molar-refractivity contribution in [2.24, 2.45) is 5.92 Å². The molecule has 146 valence electrons. The van der Waals surface area contributed by atoms with Crippen LogP contribution in [0, 0.1) is 5.92 Å². The summed E-state index contributed by atoms with van der Waals surface area (Å²) in [6.45, 7) is 5.35. The van der Waals surface area contributed by atoms with Gasteiger partial charge in [0.25, 0.3) is 11.1 Å². The molecule has 2 aromatic heterocycles. The van der Waals surface area contributed by atoms with Gasteiger partial charge in [0.15, 0.2) is 0 Å². The topological polar surface area (TPSA) is 59.2 Å². The largest absolute Gasteiger partial charge is 0.410 e. The van der Waals surface area contributed by atoms with E-state index in [9.17, 15) is 4.79 Å². The smallest absolute Gasteiger partial charge is 0.277 e. The van der Waals surface area contributed by atoms with Crippen LogP contribution in [0.4, 0.5) is 0 Å². The number of nitrogens with zero attached hydrogens (tertiary/aromatic N) is 3. The van der Waals surface area contributed by atoms with Crippen LogP contribution in [0.3, 0.4) is 0 Å². The molecular weight excluding hydrogens is 378 g/mol. The lowest BCUT2D eigenvalue weighted by Gasteiger charge is -2.35. The van der Waals surface area contributed by atoms with E-state index < -0.39 is 0 Å². The van der Waals surface area contributed by atoms with Crippen molar-refractivity contribution in [3.63, 3.8) is 0 Å². The highest BCUT2D eigenvalue weighted by molar-refractivity contribution is 7.99. The summed E-state index contributed by atoms with van der Waals surface area (Å²) in [5, 5.41) is 8.86. The van der Waals surface area contributed by atoms with Gasteiger partial charge in [-0.15, -0.1) is 21.5 Å². The van der Waals surface area contributed by atoms with E-state index in [0.717, 1.165) is 49.4 Å². The number of hydrogen-bond acceptors (Lipinski definition) is 6. The molecule has 1 saturated heterocycles. The zero-order valence-corrected chi connectivity index (χ0v) is 17.7. The van der Waals surface area contributed by atoms with Crippen LogP contribution in [-0.4, -0.2) is 39.3 Å². The minimum atomic E-state index is 0.187. The van der Waals surface area contributed by atoms with Crippen LogP contribution in [0.25, 0.3) is 10.8 Å². The summed E-state index contributed by atoms with van der Waals surface area (Å²) < 4.78 is 5.85. The molecule has 1 amide bonds. The number of aromatic nitrogens is 2. The normalized spacial score (nSPS) is 22.7. The predicted molar refractivity (Wildman–Crippen MR) is 109 cm³/mol. The highest BCUT2D eigenvalue weighted by atomic mass is 32.2. The van der Waals surface area contributed by atoms with Gasteiger partial charge in [-0.1, -0.05) is 25.6 Å². The molecule has 0 unspecified atom stereocenters. The molecule has 0 radical (unpaired) electrons. The molecule has 0 saturated carbocycles. The fraction of sp³-hybridized carbons (Fsp3) is 0.650. The van der Waals surface area contributed by atoms with Crippen LogP contribution in [0.5, 0.6) is 0 Å². The van der Waals surface area contributed by atoms with Crippen molar-refractivity contribution in [3.8, 4) is 10.8 Å². The van der Waals surface area contributed by atoms with E-state index in [4.69, 9.17) is 4.42 Å². The summed E-state index contributed by atoms with van der Waals surface area (Å²) in [7, 11) is 0. The fourth-order valence-electron chi connectivity index (χ4n) is 4.14. The molecule has 7 heteroatoms. The lowest BCUT2D eigenvalue weighted by molar-refractivity contribution is -0.132. The molecule has 0 N–H and O–H groups in total. The monoisotopic (exact) mass is 405 g/mol. The van der Waals surface area contributed by atoms with Gasteiger partial charge in [-0.05, 0) is 62.5 Å². The Morgan fingerprint density at radius 1 is 1.37 bits per heavy atom. The maximum absolute atomic E-state index is 12.6. The van der Waals surface area contributed by atoms with Crippen LogP contribution < -0.4 is 0 Å². The first kappa shape index (κ1) is 19.0. The van der Waals surface area contributed by atoms with Crippen LogP contribution in [0.2, 0.25) is 0 Å². The van der Waals surface area contributed by atoms with Crippen molar-refractivity contribution in [2.75, 3.05) is 12.3 Å². The third-order valence-corrected chi connectivity index (χ3v) is 7.71. The summed E-state index contributed by atoms with van der Waals surface area (Å²) in [6, 6.07) is 2.60. The molecule has 1 aliphatic carbocycles. The predicted octanol–water partition coefficient (Wildman–Crippen LogP) is 4.81. The van der Waals surface area contributed by atoms with Gasteiger partial charge in [-0.2, -0.15) is 0 Å². The van der Waals surface area contributed by atoms with Gasteiger partial charge in [0.2, 0.25) is 5.91 Å². The van der Waals surface area contributed by atoms with E-state index in [0.29, 0.717) is 22.9 Å². The Labute approximate surface area is 168 Å². The Morgan fingerprint density at radius 3 is 3.11 bits per heavy atom. The van der Waals surface area contributed by atoms with Crippen molar-refractivity contribution in [2.45, 2.75) is 70.1 Å². The average Bonchev–Trinajstić information content (AvgIpc) is 3.32. The number of aryl methyl sites for hydroxylation is 1. The number of likely N-dealkylation sites (tertiary alicyclic amines) is 1. The summed E-state index contributed by atoms with van der Waals surface area (Å²) >= 11 is 3.13. The van der Waals surface area contributed by atoms with Crippen molar-refractivity contribution in [1.29, 1.82) is 0 Å². The molecule has 27 heavy (non-hydrogen) atoms. The zero-order valence-electron chi connectivity index (χ0n) is 16.1. The number of carbonyl (C=O) groups is 1. The highest BCUT2D eigenvalue weighted by Crippen LogP contribution is 2.37. The molecule has 1 aliphatic heterocycles. The first-order chi connectivity index (χ1) is 13.1. The van der Waals surface area contributed by atoms with E-state index in [1.165, 1.54) is 35.0 Å². The Hall–Kier alpha value is -1.34. The van der Waals surface area contributed by atoms with E-state index in [2.05, 4.69) is 30.1 Å². The lowest BCUT2D eigenvalue weighted by atomic mass is 9.90. The number of amides is 1. The number of rotatable bonds is 5. The highest BCUT2D eigenvalue weighted by Gasteiger charge is 2.26. The molecule has 1 fully saturated rings. The van der Waals surface area contributed by atoms with Crippen molar-refractivity contribution in [1.82, 2.24) is 15.1 Å². The molecule has 2 atom stereocenters. The molecule has 0 bridgehead atoms. The molecule has 4 rings (SSSR count). The standard InChI is InChI=1S/C20H27N3O2S2/c1-3-15-6-4-5-9-23(15)18(24)12-26-20-22-21-19(25-20)17-11-14-10-13(2)7-8-16(14)27-17/h11,13,15H,3-10,12H2,1-2H3/t13-,15+/m0/s1. The fourth-order valence-corrected chi connectivity index (χ4v) is 5.92.